The van der Waals surface area contributed by atoms with Crippen LogP contribution in [0.15, 0.2) is 48.5 Å². The summed E-state index contributed by atoms with van der Waals surface area (Å²) in [4.78, 5) is 16.5. The van der Waals surface area contributed by atoms with Gasteiger partial charge in [-0.2, -0.15) is 0 Å². The third-order valence-corrected chi connectivity index (χ3v) is 3.84. The lowest BCUT2D eigenvalue weighted by Gasteiger charge is -2.09. The summed E-state index contributed by atoms with van der Waals surface area (Å²) < 4.78 is 5.45. The van der Waals surface area contributed by atoms with E-state index in [2.05, 4.69) is 4.98 Å². The van der Waals surface area contributed by atoms with E-state index >= 15 is 0 Å². The molecule has 0 amide bonds. The summed E-state index contributed by atoms with van der Waals surface area (Å²) in [6.45, 7) is 4.54. The Morgan fingerprint density at radius 3 is 2.52 bits per heavy atom. The minimum Gasteiger partial charge on any atom is -0.494 e. The Bertz CT molecular complexity index is 872. The Labute approximate surface area is 139 Å². The van der Waals surface area contributed by atoms with Crippen molar-refractivity contribution in [3.63, 3.8) is 0 Å². The highest BCUT2D eigenvalue weighted by atomic mass is 35.5. The van der Waals surface area contributed by atoms with Gasteiger partial charge in [-0.05, 0) is 67.9 Å². The van der Waals surface area contributed by atoms with Gasteiger partial charge in [0.2, 0.25) is 0 Å². The van der Waals surface area contributed by atoms with Crippen molar-refractivity contribution in [1.29, 1.82) is 0 Å². The molecule has 3 aromatic rings. The Morgan fingerprint density at radius 1 is 1.13 bits per heavy atom. The number of aryl methyl sites for hydroxylation is 1. The largest absolute Gasteiger partial charge is 0.494 e. The number of fused-ring (bicyclic) bond motifs is 1. The zero-order valence-corrected chi connectivity index (χ0v) is 13.7. The van der Waals surface area contributed by atoms with E-state index in [-0.39, 0.29) is 0 Å². The van der Waals surface area contributed by atoms with Gasteiger partial charge in [0.25, 0.3) is 5.24 Å². The quantitative estimate of drug-likeness (QED) is 0.634. The zero-order valence-electron chi connectivity index (χ0n) is 13.0. The lowest BCUT2D eigenvalue weighted by atomic mass is 10.0. The number of hydrogen-bond donors (Lipinski definition) is 0. The van der Waals surface area contributed by atoms with Crippen molar-refractivity contribution in [2.75, 3.05) is 6.61 Å². The molecule has 116 valence electrons. The number of pyridine rings is 1. The molecule has 0 saturated carbocycles. The highest BCUT2D eigenvalue weighted by Crippen LogP contribution is 2.27. The molecule has 0 saturated heterocycles. The summed E-state index contributed by atoms with van der Waals surface area (Å²) in [5.74, 6) is 0.807. The van der Waals surface area contributed by atoms with Crippen LogP contribution in [0.2, 0.25) is 0 Å². The van der Waals surface area contributed by atoms with Crippen LogP contribution in [0.5, 0.6) is 5.75 Å². The van der Waals surface area contributed by atoms with Crippen molar-refractivity contribution in [2.45, 2.75) is 13.8 Å². The fraction of sp³-hybridized carbons (Fsp3) is 0.158. The number of nitrogens with zero attached hydrogens (tertiary/aromatic N) is 1. The van der Waals surface area contributed by atoms with Crippen LogP contribution >= 0.6 is 11.6 Å². The minimum absolute atomic E-state index is 0.476. The number of benzene rings is 2. The maximum absolute atomic E-state index is 11.8. The maximum Gasteiger partial charge on any atom is 0.253 e. The molecule has 0 aliphatic carbocycles. The molecule has 0 N–H and O–H groups in total. The third-order valence-electron chi connectivity index (χ3n) is 3.64. The summed E-state index contributed by atoms with van der Waals surface area (Å²) in [7, 11) is 0. The van der Waals surface area contributed by atoms with Crippen molar-refractivity contribution in [3.8, 4) is 17.0 Å². The van der Waals surface area contributed by atoms with Gasteiger partial charge in [-0.25, -0.2) is 4.98 Å². The second-order valence-electron chi connectivity index (χ2n) is 5.31. The number of rotatable bonds is 4. The van der Waals surface area contributed by atoms with Crippen molar-refractivity contribution in [2.24, 2.45) is 0 Å². The number of carbonyl (C=O) groups is 1. The van der Waals surface area contributed by atoms with E-state index in [4.69, 9.17) is 16.3 Å². The zero-order chi connectivity index (χ0) is 16.4. The predicted octanol–water partition coefficient (Wildman–Crippen LogP) is 4.99. The molecule has 2 aromatic carbocycles. The van der Waals surface area contributed by atoms with Crippen LogP contribution in [-0.4, -0.2) is 16.8 Å². The number of halogens is 1. The van der Waals surface area contributed by atoms with Crippen LogP contribution in [0.3, 0.4) is 0 Å². The molecule has 0 spiro atoms. The van der Waals surface area contributed by atoms with Crippen molar-refractivity contribution in [1.82, 2.24) is 4.98 Å². The van der Waals surface area contributed by atoms with E-state index in [0.717, 1.165) is 27.8 Å². The second kappa shape index (κ2) is 6.39. The van der Waals surface area contributed by atoms with Crippen LogP contribution in [0.25, 0.3) is 22.2 Å². The maximum atomic E-state index is 11.8. The molecular weight excluding hydrogens is 310 g/mol. The molecule has 0 fully saturated rings. The molecule has 1 aromatic heterocycles. The molecule has 0 bridgehead atoms. The number of carbonyl (C=O) groups excluding carboxylic acids is 1. The lowest BCUT2D eigenvalue weighted by molar-refractivity contribution is 0.108. The van der Waals surface area contributed by atoms with Gasteiger partial charge >= 0.3 is 0 Å². The molecule has 0 unspecified atom stereocenters. The molecular formula is C19H16ClNO2. The summed E-state index contributed by atoms with van der Waals surface area (Å²) in [5, 5.41) is 0.301. The Balaban J connectivity index is 2.14. The number of ether oxygens (including phenoxy) is 1. The van der Waals surface area contributed by atoms with Crippen LogP contribution in [0.4, 0.5) is 0 Å². The molecule has 0 aliphatic heterocycles. The molecule has 0 aliphatic rings. The standard InChI is InChI=1S/C19H16ClNO2/c1-3-23-14-7-5-13(6-8-14)18-11-16(19(20)22)15-10-12(2)4-9-17(15)21-18/h4-11H,3H2,1-2H3. The van der Waals surface area contributed by atoms with Gasteiger partial charge in [0.1, 0.15) is 5.75 Å². The van der Waals surface area contributed by atoms with Gasteiger partial charge in [0.05, 0.1) is 17.8 Å². The van der Waals surface area contributed by atoms with Crippen molar-refractivity contribution < 1.29 is 9.53 Å². The predicted molar refractivity (Wildman–Crippen MR) is 93.3 cm³/mol. The van der Waals surface area contributed by atoms with Crippen LogP contribution in [0.1, 0.15) is 22.8 Å². The van der Waals surface area contributed by atoms with Crippen LogP contribution in [-0.2, 0) is 0 Å². The Morgan fingerprint density at radius 2 is 1.87 bits per heavy atom. The first-order chi connectivity index (χ1) is 11.1. The average molecular weight is 326 g/mol. The number of hydrogen-bond acceptors (Lipinski definition) is 3. The summed E-state index contributed by atoms with van der Waals surface area (Å²) in [5.41, 5.74) is 3.92. The van der Waals surface area contributed by atoms with Crippen molar-refractivity contribution >= 4 is 27.7 Å². The smallest absolute Gasteiger partial charge is 0.253 e. The topological polar surface area (TPSA) is 39.2 Å². The number of aromatic nitrogens is 1. The highest BCUT2D eigenvalue weighted by molar-refractivity contribution is 6.68. The van der Waals surface area contributed by atoms with Gasteiger partial charge < -0.3 is 4.74 Å². The van der Waals surface area contributed by atoms with E-state index in [1.54, 1.807) is 6.07 Å². The molecule has 23 heavy (non-hydrogen) atoms. The van der Waals surface area contributed by atoms with Gasteiger partial charge in [-0.1, -0.05) is 11.6 Å². The SMILES string of the molecule is CCOc1ccc(-c2cc(C(=O)Cl)c3cc(C)ccc3n2)cc1. The summed E-state index contributed by atoms with van der Waals surface area (Å²) in [6, 6.07) is 15.2. The van der Waals surface area contributed by atoms with Gasteiger partial charge in [0.15, 0.2) is 0 Å². The van der Waals surface area contributed by atoms with Gasteiger partial charge in [-0.3, -0.25) is 4.79 Å². The summed E-state index contributed by atoms with van der Waals surface area (Å²) in [6.07, 6.45) is 0. The Hall–Kier alpha value is -2.39. The molecule has 3 nitrogen and oxygen atoms in total. The normalized spacial score (nSPS) is 10.7. The van der Waals surface area contributed by atoms with Crippen LogP contribution in [0, 0.1) is 6.92 Å². The van der Waals surface area contributed by atoms with E-state index in [1.807, 2.05) is 56.3 Å². The first-order valence-corrected chi connectivity index (χ1v) is 7.80. The first-order valence-electron chi connectivity index (χ1n) is 7.43. The average Bonchev–Trinajstić information content (AvgIpc) is 2.55. The van der Waals surface area contributed by atoms with E-state index in [0.29, 0.717) is 17.9 Å². The van der Waals surface area contributed by atoms with Gasteiger partial charge in [0, 0.05) is 16.5 Å². The summed E-state index contributed by atoms with van der Waals surface area (Å²) >= 11 is 5.77. The molecule has 4 heteroatoms. The van der Waals surface area contributed by atoms with Crippen molar-refractivity contribution in [3.05, 3.63) is 59.7 Å². The fourth-order valence-electron chi connectivity index (χ4n) is 2.54. The lowest BCUT2D eigenvalue weighted by Crippen LogP contribution is -1.96. The van der Waals surface area contributed by atoms with Crippen LogP contribution < -0.4 is 4.74 Å². The minimum atomic E-state index is -0.477. The first kappa shape index (κ1) is 15.5. The molecule has 0 atom stereocenters. The second-order valence-corrected chi connectivity index (χ2v) is 5.65. The molecule has 0 radical (unpaired) electrons. The highest BCUT2D eigenvalue weighted by Gasteiger charge is 2.12. The monoisotopic (exact) mass is 325 g/mol. The van der Waals surface area contributed by atoms with E-state index in [1.165, 1.54) is 0 Å². The Kier molecular flexibility index (Phi) is 4.30. The third kappa shape index (κ3) is 3.20. The fourth-order valence-corrected chi connectivity index (χ4v) is 2.70. The molecule has 1 heterocycles. The van der Waals surface area contributed by atoms with Gasteiger partial charge in [-0.15, -0.1) is 0 Å². The van der Waals surface area contributed by atoms with E-state index in [9.17, 15) is 4.79 Å². The molecule has 3 rings (SSSR count). The van der Waals surface area contributed by atoms with E-state index < -0.39 is 5.24 Å².